The molecule has 2 atom stereocenters. The van der Waals surface area contributed by atoms with Gasteiger partial charge >= 0.3 is 0 Å². The second-order valence-corrected chi connectivity index (χ2v) is 6.04. The lowest BCUT2D eigenvalue weighted by Gasteiger charge is -2.45. The Hall–Kier alpha value is -0.610. The Balaban J connectivity index is 2.67. The highest BCUT2D eigenvalue weighted by Gasteiger charge is 2.37. The van der Waals surface area contributed by atoms with Crippen LogP contribution >= 0.6 is 0 Å². The molecule has 1 heterocycles. The zero-order chi connectivity index (χ0) is 13.9. The van der Waals surface area contributed by atoms with Crippen LogP contribution in [0, 0.1) is 5.41 Å². The molecule has 2 N–H and O–H groups in total. The van der Waals surface area contributed by atoms with Gasteiger partial charge in [-0.05, 0) is 32.6 Å². The molecule has 4 heteroatoms. The van der Waals surface area contributed by atoms with Crippen molar-refractivity contribution in [1.29, 1.82) is 0 Å². The van der Waals surface area contributed by atoms with Crippen molar-refractivity contribution in [2.45, 2.75) is 53.1 Å². The number of rotatable bonds is 4. The molecule has 0 saturated carbocycles. The third-order valence-corrected chi connectivity index (χ3v) is 4.32. The van der Waals surface area contributed by atoms with Crippen molar-refractivity contribution in [2.75, 3.05) is 26.2 Å². The summed E-state index contributed by atoms with van der Waals surface area (Å²) in [5.74, 6) is 0.242. The van der Waals surface area contributed by atoms with Gasteiger partial charge in [0.05, 0.1) is 6.04 Å². The van der Waals surface area contributed by atoms with Gasteiger partial charge in [0.1, 0.15) is 0 Å². The van der Waals surface area contributed by atoms with Crippen LogP contribution in [0.1, 0.15) is 41.0 Å². The molecule has 1 aliphatic heterocycles. The summed E-state index contributed by atoms with van der Waals surface area (Å²) in [6.07, 6.45) is 0.975. The molecule has 0 aromatic rings. The first-order valence-electron chi connectivity index (χ1n) is 7.11. The van der Waals surface area contributed by atoms with Crippen LogP contribution in [0.3, 0.4) is 0 Å². The molecule has 1 saturated heterocycles. The fourth-order valence-electron chi connectivity index (χ4n) is 2.70. The number of carbonyl (C=O) groups excluding carboxylic acids is 1. The summed E-state index contributed by atoms with van der Waals surface area (Å²) in [7, 11) is 0. The molecule has 0 bridgehead atoms. The van der Waals surface area contributed by atoms with E-state index in [1.165, 1.54) is 0 Å². The summed E-state index contributed by atoms with van der Waals surface area (Å²) in [6.45, 7) is 13.9. The van der Waals surface area contributed by atoms with Gasteiger partial charge in [0, 0.05) is 32.2 Å². The van der Waals surface area contributed by atoms with Crippen molar-refractivity contribution in [3.8, 4) is 0 Å². The minimum absolute atomic E-state index is 0.0309. The highest BCUT2D eigenvalue weighted by atomic mass is 16.2. The van der Waals surface area contributed by atoms with E-state index in [4.69, 9.17) is 5.73 Å². The van der Waals surface area contributed by atoms with Crippen LogP contribution < -0.4 is 5.73 Å². The first kappa shape index (κ1) is 15.4. The van der Waals surface area contributed by atoms with E-state index in [-0.39, 0.29) is 23.4 Å². The van der Waals surface area contributed by atoms with Crippen LogP contribution in [0.4, 0.5) is 0 Å². The Bertz CT molecular complexity index is 287. The molecule has 1 rings (SSSR count). The Labute approximate surface area is 111 Å². The van der Waals surface area contributed by atoms with E-state index < -0.39 is 0 Å². The van der Waals surface area contributed by atoms with E-state index in [1.54, 1.807) is 0 Å². The summed E-state index contributed by atoms with van der Waals surface area (Å²) in [5.41, 5.74) is 6.23. The molecular formula is C14H29N3O. The predicted octanol–water partition coefficient (Wildman–Crippen LogP) is 1.30. The van der Waals surface area contributed by atoms with Crippen molar-refractivity contribution in [3.05, 3.63) is 0 Å². The molecule has 4 nitrogen and oxygen atoms in total. The second-order valence-electron chi connectivity index (χ2n) is 6.04. The third-order valence-electron chi connectivity index (χ3n) is 4.32. The number of nitrogens with two attached hydrogens (primary N) is 1. The summed E-state index contributed by atoms with van der Waals surface area (Å²) in [5, 5.41) is 0. The number of likely N-dealkylation sites (tertiary alicyclic amines) is 1. The van der Waals surface area contributed by atoms with Crippen molar-refractivity contribution < 1.29 is 4.79 Å². The lowest BCUT2D eigenvalue weighted by atomic mass is 9.79. The molecule has 18 heavy (non-hydrogen) atoms. The van der Waals surface area contributed by atoms with E-state index in [9.17, 15) is 4.79 Å². The molecule has 0 aromatic carbocycles. The number of likely N-dealkylation sites (N-methyl/N-ethyl adjacent to an activating group) is 1. The van der Waals surface area contributed by atoms with Crippen molar-refractivity contribution >= 4 is 5.91 Å². The van der Waals surface area contributed by atoms with Gasteiger partial charge < -0.3 is 10.6 Å². The van der Waals surface area contributed by atoms with Crippen LogP contribution in [0.25, 0.3) is 0 Å². The molecule has 0 aromatic heterocycles. The van der Waals surface area contributed by atoms with Crippen molar-refractivity contribution in [2.24, 2.45) is 11.1 Å². The minimum Gasteiger partial charge on any atom is -0.342 e. The molecule has 1 fully saturated rings. The number of hydrogen-bond donors (Lipinski definition) is 1. The van der Waals surface area contributed by atoms with E-state index in [0.717, 1.165) is 32.6 Å². The van der Waals surface area contributed by atoms with Gasteiger partial charge in [-0.15, -0.1) is 0 Å². The highest BCUT2D eigenvalue weighted by Crippen LogP contribution is 2.29. The normalized spacial score (nSPS) is 25.8. The molecule has 0 spiro atoms. The number of nitrogens with zero attached hydrogens (tertiary/aromatic N) is 2. The molecule has 0 aliphatic carbocycles. The molecular weight excluding hydrogens is 226 g/mol. The summed E-state index contributed by atoms with van der Waals surface area (Å²) in [6, 6.07) is 0.209. The van der Waals surface area contributed by atoms with Gasteiger partial charge in [0.25, 0.3) is 0 Å². The van der Waals surface area contributed by atoms with E-state index in [1.807, 2.05) is 25.7 Å². The number of piperidine rings is 1. The standard InChI is InChI=1S/C14H29N3O/c1-6-16(7-2)13(18)11(3)17-9-8-12(15)14(4,5)10-17/h11-12H,6-10,15H2,1-5H3. The maximum atomic E-state index is 12.4. The molecule has 0 radical (unpaired) electrons. The topological polar surface area (TPSA) is 49.6 Å². The van der Waals surface area contributed by atoms with Crippen LogP contribution in [0.2, 0.25) is 0 Å². The second kappa shape index (κ2) is 6.02. The van der Waals surface area contributed by atoms with Gasteiger partial charge in [-0.3, -0.25) is 9.69 Å². The Morgan fingerprint density at radius 1 is 1.44 bits per heavy atom. The van der Waals surface area contributed by atoms with Crippen LogP contribution in [0.15, 0.2) is 0 Å². The maximum absolute atomic E-state index is 12.4. The summed E-state index contributed by atoms with van der Waals surface area (Å²) >= 11 is 0. The number of hydrogen-bond acceptors (Lipinski definition) is 3. The average molecular weight is 255 g/mol. The van der Waals surface area contributed by atoms with E-state index in [2.05, 4.69) is 18.7 Å². The lowest BCUT2D eigenvalue weighted by Crippen LogP contribution is -2.57. The maximum Gasteiger partial charge on any atom is 0.239 e. The van der Waals surface area contributed by atoms with E-state index in [0.29, 0.717) is 0 Å². The van der Waals surface area contributed by atoms with Crippen LogP contribution in [-0.2, 0) is 4.79 Å². The van der Waals surface area contributed by atoms with Crippen LogP contribution in [0.5, 0.6) is 0 Å². The Morgan fingerprint density at radius 3 is 2.44 bits per heavy atom. The Morgan fingerprint density at radius 2 is 2.00 bits per heavy atom. The van der Waals surface area contributed by atoms with Gasteiger partial charge in [-0.25, -0.2) is 0 Å². The average Bonchev–Trinajstić information content (AvgIpc) is 2.33. The third kappa shape index (κ3) is 3.23. The summed E-state index contributed by atoms with van der Waals surface area (Å²) < 4.78 is 0. The zero-order valence-corrected chi connectivity index (χ0v) is 12.6. The first-order valence-corrected chi connectivity index (χ1v) is 7.11. The quantitative estimate of drug-likeness (QED) is 0.824. The smallest absolute Gasteiger partial charge is 0.239 e. The minimum atomic E-state index is -0.0309. The van der Waals surface area contributed by atoms with Gasteiger partial charge in [0.2, 0.25) is 5.91 Å². The first-order chi connectivity index (χ1) is 8.33. The number of amides is 1. The zero-order valence-electron chi connectivity index (χ0n) is 12.6. The lowest BCUT2D eigenvalue weighted by molar-refractivity contribution is -0.137. The van der Waals surface area contributed by atoms with Gasteiger partial charge in [-0.1, -0.05) is 13.8 Å². The van der Waals surface area contributed by atoms with Crippen LogP contribution in [-0.4, -0.2) is 54.0 Å². The monoisotopic (exact) mass is 255 g/mol. The largest absolute Gasteiger partial charge is 0.342 e. The predicted molar refractivity (Wildman–Crippen MR) is 75.3 cm³/mol. The molecule has 1 aliphatic rings. The fourth-order valence-corrected chi connectivity index (χ4v) is 2.70. The Kier molecular flexibility index (Phi) is 5.17. The fraction of sp³-hybridized carbons (Fsp3) is 0.929. The van der Waals surface area contributed by atoms with Gasteiger partial charge in [-0.2, -0.15) is 0 Å². The van der Waals surface area contributed by atoms with Crippen molar-refractivity contribution in [3.63, 3.8) is 0 Å². The highest BCUT2D eigenvalue weighted by molar-refractivity contribution is 5.81. The SMILES string of the molecule is CCN(CC)C(=O)C(C)N1CCC(N)C(C)(C)C1. The van der Waals surface area contributed by atoms with Gasteiger partial charge in [0.15, 0.2) is 0 Å². The van der Waals surface area contributed by atoms with E-state index >= 15 is 0 Å². The molecule has 1 amide bonds. The molecule has 2 unspecified atom stereocenters. The number of carbonyl (C=O) groups is 1. The molecule has 106 valence electrons. The summed E-state index contributed by atoms with van der Waals surface area (Å²) in [4.78, 5) is 16.5. The van der Waals surface area contributed by atoms with Crippen molar-refractivity contribution in [1.82, 2.24) is 9.80 Å².